The Kier molecular flexibility index (Phi) is 4.02. The van der Waals surface area contributed by atoms with Crippen molar-refractivity contribution in [3.63, 3.8) is 0 Å². The van der Waals surface area contributed by atoms with Crippen molar-refractivity contribution < 1.29 is 14.6 Å². The van der Waals surface area contributed by atoms with E-state index in [9.17, 15) is 4.79 Å². The van der Waals surface area contributed by atoms with Crippen LogP contribution in [-0.4, -0.2) is 28.2 Å². The number of nitrogens with two attached hydrogens (primary N) is 1. The average Bonchev–Trinajstić information content (AvgIpc) is 1.82. The molecule has 0 bridgehead atoms. The molecule has 0 heterocycles. The molecular formula is C7H15NO3S. The Hall–Kier alpha value is -0.260. The molecule has 0 aromatic heterocycles. The summed E-state index contributed by atoms with van der Waals surface area (Å²) < 4.78 is 3.83. The van der Waals surface area contributed by atoms with Crippen LogP contribution in [0.3, 0.4) is 0 Å². The summed E-state index contributed by atoms with van der Waals surface area (Å²) in [5, 5.41) is 8.71. The predicted octanol–water partition coefficient (Wildman–Crippen LogP) is -0.0964. The minimum Gasteiger partial charge on any atom is -0.435 e. The highest BCUT2D eigenvalue weighted by Gasteiger charge is 2.30. The molecule has 0 fully saturated rings. The van der Waals surface area contributed by atoms with E-state index in [1.54, 1.807) is 13.8 Å². The van der Waals surface area contributed by atoms with Gasteiger partial charge >= 0.3 is 5.97 Å². The van der Waals surface area contributed by atoms with E-state index in [1.807, 2.05) is 0 Å². The van der Waals surface area contributed by atoms with E-state index in [0.717, 1.165) is 0 Å². The number of thiol groups is 1. The van der Waals surface area contributed by atoms with Crippen LogP contribution in [0.15, 0.2) is 0 Å². The van der Waals surface area contributed by atoms with E-state index in [4.69, 9.17) is 10.8 Å². The third kappa shape index (κ3) is 3.94. The van der Waals surface area contributed by atoms with Crippen LogP contribution in [0.4, 0.5) is 0 Å². The molecule has 0 aromatic rings. The maximum Gasteiger partial charge on any atom is 0.326 e. The fourth-order valence-electron chi connectivity index (χ4n) is 0.530. The highest BCUT2D eigenvalue weighted by Crippen LogP contribution is 2.16. The molecule has 0 aliphatic carbocycles. The van der Waals surface area contributed by atoms with Crippen LogP contribution in [0.5, 0.6) is 0 Å². The van der Waals surface area contributed by atoms with Gasteiger partial charge in [-0.2, -0.15) is 12.6 Å². The Morgan fingerprint density at radius 2 is 2.08 bits per heavy atom. The highest BCUT2D eigenvalue weighted by atomic mass is 32.1. The van der Waals surface area contributed by atoms with Gasteiger partial charge in [0.2, 0.25) is 0 Å². The van der Waals surface area contributed by atoms with Gasteiger partial charge in [0.1, 0.15) is 6.04 Å². The quantitative estimate of drug-likeness (QED) is 0.332. The fraction of sp³-hybridized carbons (Fsp3) is 0.857. The molecule has 4 nitrogen and oxygen atoms in total. The number of rotatable bonds is 3. The number of carbonyl (C=O) groups excluding carboxylic acids is 1. The molecule has 72 valence electrons. The van der Waals surface area contributed by atoms with Crippen LogP contribution in [0.25, 0.3) is 0 Å². The van der Waals surface area contributed by atoms with Crippen molar-refractivity contribution in [2.45, 2.75) is 37.9 Å². The summed E-state index contributed by atoms with van der Waals surface area (Å²) in [6.45, 7) is 4.74. The standard InChI is InChI=1S/C7H15NO3S/c1-4(9)11-6(10)5(8)7(2,3)12/h4-5,9,12H,8H2,1-3H3. The molecule has 12 heavy (non-hydrogen) atoms. The van der Waals surface area contributed by atoms with Gasteiger partial charge in [0.25, 0.3) is 0 Å². The number of aliphatic hydroxyl groups excluding tert-OH is 1. The SMILES string of the molecule is CC(O)OC(=O)C(N)C(C)(C)S. The first kappa shape index (κ1) is 11.7. The second-order valence-electron chi connectivity index (χ2n) is 3.17. The number of hydrogen-bond donors (Lipinski definition) is 3. The van der Waals surface area contributed by atoms with Crippen molar-refractivity contribution in [1.82, 2.24) is 0 Å². The number of hydrogen-bond acceptors (Lipinski definition) is 5. The lowest BCUT2D eigenvalue weighted by Crippen LogP contribution is -2.47. The Labute approximate surface area is 77.5 Å². The van der Waals surface area contributed by atoms with Crippen LogP contribution < -0.4 is 5.73 Å². The first-order chi connectivity index (χ1) is 5.25. The van der Waals surface area contributed by atoms with Crippen LogP contribution in [0.2, 0.25) is 0 Å². The van der Waals surface area contributed by atoms with E-state index in [2.05, 4.69) is 17.4 Å². The van der Waals surface area contributed by atoms with E-state index < -0.39 is 23.0 Å². The van der Waals surface area contributed by atoms with Crippen molar-refractivity contribution in [2.24, 2.45) is 5.73 Å². The average molecular weight is 193 g/mol. The summed E-state index contributed by atoms with van der Waals surface area (Å²) in [6.07, 6.45) is -1.13. The summed E-state index contributed by atoms with van der Waals surface area (Å²) in [4.78, 5) is 11.0. The first-order valence-corrected chi connectivity index (χ1v) is 4.06. The number of aliphatic hydroxyl groups is 1. The molecule has 0 aliphatic rings. The van der Waals surface area contributed by atoms with Crippen LogP contribution in [0, 0.1) is 0 Å². The minimum absolute atomic E-state index is 0.647. The maximum absolute atomic E-state index is 11.0. The second kappa shape index (κ2) is 4.11. The van der Waals surface area contributed by atoms with Gasteiger partial charge in [-0.05, 0) is 20.8 Å². The number of esters is 1. The molecule has 2 atom stereocenters. The zero-order chi connectivity index (χ0) is 9.94. The zero-order valence-corrected chi connectivity index (χ0v) is 8.34. The van der Waals surface area contributed by atoms with E-state index in [-0.39, 0.29) is 0 Å². The van der Waals surface area contributed by atoms with Crippen LogP contribution >= 0.6 is 12.6 Å². The minimum atomic E-state index is -1.13. The Morgan fingerprint density at radius 3 is 2.33 bits per heavy atom. The Morgan fingerprint density at radius 1 is 1.67 bits per heavy atom. The number of carbonyl (C=O) groups is 1. The van der Waals surface area contributed by atoms with Gasteiger partial charge in [-0.15, -0.1) is 0 Å². The zero-order valence-electron chi connectivity index (χ0n) is 7.44. The summed E-state index contributed by atoms with van der Waals surface area (Å²) in [5.74, 6) is -0.648. The van der Waals surface area contributed by atoms with Crippen molar-refractivity contribution >= 4 is 18.6 Å². The Balaban J connectivity index is 4.12. The third-order valence-corrected chi connectivity index (χ3v) is 1.58. The first-order valence-electron chi connectivity index (χ1n) is 3.61. The normalized spacial score (nSPS) is 16.8. The molecule has 0 spiro atoms. The summed E-state index contributed by atoms with van der Waals surface area (Å²) in [5.41, 5.74) is 5.48. The van der Waals surface area contributed by atoms with Crippen molar-refractivity contribution in [3.05, 3.63) is 0 Å². The van der Waals surface area contributed by atoms with E-state index >= 15 is 0 Å². The summed E-state index contributed by atoms with van der Waals surface area (Å²) >= 11 is 4.10. The molecule has 0 rings (SSSR count). The summed E-state index contributed by atoms with van der Waals surface area (Å²) in [6, 6.07) is -0.838. The smallest absolute Gasteiger partial charge is 0.326 e. The largest absolute Gasteiger partial charge is 0.435 e. The molecular weight excluding hydrogens is 178 g/mol. The van der Waals surface area contributed by atoms with E-state index in [1.165, 1.54) is 6.92 Å². The third-order valence-electron chi connectivity index (χ3n) is 1.30. The molecule has 0 saturated heterocycles. The van der Waals surface area contributed by atoms with Crippen LogP contribution in [-0.2, 0) is 9.53 Å². The van der Waals surface area contributed by atoms with Gasteiger partial charge in [0.15, 0.2) is 6.29 Å². The molecule has 0 aromatic carbocycles. The monoisotopic (exact) mass is 193 g/mol. The summed E-state index contributed by atoms with van der Waals surface area (Å²) in [7, 11) is 0. The van der Waals surface area contributed by atoms with Gasteiger partial charge in [-0.1, -0.05) is 0 Å². The molecule has 3 N–H and O–H groups in total. The molecule has 0 radical (unpaired) electrons. The highest BCUT2D eigenvalue weighted by molar-refractivity contribution is 7.81. The molecule has 0 aliphatic heterocycles. The molecule has 0 saturated carbocycles. The van der Waals surface area contributed by atoms with Crippen molar-refractivity contribution in [3.8, 4) is 0 Å². The lowest BCUT2D eigenvalue weighted by molar-refractivity contribution is -0.166. The van der Waals surface area contributed by atoms with Gasteiger partial charge in [-0.25, -0.2) is 0 Å². The van der Waals surface area contributed by atoms with Gasteiger partial charge in [0.05, 0.1) is 0 Å². The maximum atomic E-state index is 11.0. The Bertz CT molecular complexity index is 165. The lowest BCUT2D eigenvalue weighted by atomic mass is 10.1. The van der Waals surface area contributed by atoms with Crippen molar-refractivity contribution in [2.75, 3.05) is 0 Å². The predicted molar refractivity (Wildman–Crippen MR) is 48.8 cm³/mol. The topological polar surface area (TPSA) is 72.5 Å². The second-order valence-corrected chi connectivity index (χ2v) is 4.32. The lowest BCUT2D eigenvalue weighted by Gasteiger charge is -2.24. The molecule has 2 unspecified atom stereocenters. The van der Waals surface area contributed by atoms with Crippen molar-refractivity contribution in [1.29, 1.82) is 0 Å². The fourth-order valence-corrected chi connectivity index (χ4v) is 0.635. The van der Waals surface area contributed by atoms with Gasteiger partial charge < -0.3 is 15.6 Å². The van der Waals surface area contributed by atoms with E-state index in [0.29, 0.717) is 0 Å². The molecule has 5 heteroatoms. The van der Waals surface area contributed by atoms with Gasteiger partial charge in [0, 0.05) is 4.75 Å². The van der Waals surface area contributed by atoms with Gasteiger partial charge in [-0.3, -0.25) is 4.79 Å². The van der Waals surface area contributed by atoms with Crippen LogP contribution in [0.1, 0.15) is 20.8 Å². The number of ether oxygens (including phenoxy) is 1. The molecule has 0 amide bonds.